The first-order valence-electron chi connectivity index (χ1n) is 18.5. The lowest BCUT2D eigenvalue weighted by atomic mass is 9.84. The summed E-state index contributed by atoms with van der Waals surface area (Å²) in [6.07, 6.45) is 1.17. The third-order valence-electron chi connectivity index (χ3n) is 9.83. The number of amides is 2. The SMILES string of the molecule is CCn1c(-c2ccccc2COC)c2c3cc(ccc31)-c1cc(N)cc(c1)C[C@H](NC(=O)OC(C)(C)C)C(=O)N1CCC[C@H](N1)C(=O)OCC(C)(C)C2. The van der Waals surface area contributed by atoms with Crippen molar-refractivity contribution in [2.24, 2.45) is 5.41 Å². The number of fused-ring (bicyclic) bond motifs is 6. The Balaban J connectivity index is 1.53. The molecule has 4 aromatic rings. The molecule has 0 spiro atoms. The average molecular weight is 724 g/mol. The summed E-state index contributed by atoms with van der Waals surface area (Å²) in [6.45, 7) is 13.4. The zero-order chi connectivity index (χ0) is 38.1. The van der Waals surface area contributed by atoms with E-state index in [0.717, 1.165) is 56.5 Å². The maximum Gasteiger partial charge on any atom is 0.408 e. The Bertz CT molecular complexity index is 2010. The van der Waals surface area contributed by atoms with Crippen molar-refractivity contribution >= 4 is 34.6 Å². The smallest absolute Gasteiger partial charge is 0.408 e. The second-order valence-electron chi connectivity index (χ2n) is 16.0. The number of nitrogen functional groups attached to an aromatic ring is 1. The number of nitrogens with two attached hydrogens (primary N) is 1. The average Bonchev–Trinajstić information content (AvgIpc) is 3.40. The van der Waals surface area contributed by atoms with Crippen LogP contribution in [0.4, 0.5) is 10.5 Å². The van der Waals surface area contributed by atoms with E-state index in [0.29, 0.717) is 38.1 Å². The van der Waals surface area contributed by atoms with Crippen LogP contribution in [-0.4, -0.2) is 65.5 Å². The summed E-state index contributed by atoms with van der Waals surface area (Å²) in [6, 6.07) is 18.9. The van der Waals surface area contributed by atoms with Crippen molar-refractivity contribution in [1.29, 1.82) is 0 Å². The third-order valence-corrected chi connectivity index (χ3v) is 9.83. The molecule has 1 saturated heterocycles. The molecule has 2 aliphatic rings. The highest BCUT2D eigenvalue weighted by molar-refractivity contribution is 5.95. The van der Waals surface area contributed by atoms with E-state index in [1.54, 1.807) is 27.9 Å². The first-order chi connectivity index (χ1) is 25.2. The van der Waals surface area contributed by atoms with Crippen molar-refractivity contribution in [2.45, 2.75) is 98.1 Å². The maximum absolute atomic E-state index is 14.1. The number of esters is 1. The molecule has 282 valence electrons. The number of hydrogen-bond acceptors (Lipinski definition) is 8. The molecule has 0 saturated carbocycles. The van der Waals surface area contributed by atoms with Gasteiger partial charge in [-0.15, -0.1) is 0 Å². The Labute approximate surface area is 312 Å². The van der Waals surface area contributed by atoms with E-state index in [2.05, 4.69) is 72.5 Å². The number of cyclic esters (lactones) is 1. The van der Waals surface area contributed by atoms with Crippen LogP contribution < -0.4 is 16.5 Å². The van der Waals surface area contributed by atoms with E-state index >= 15 is 0 Å². The number of nitrogens with one attached hydrogen (secondary N) is 2. The van der Waals surface area contributed by atoms with Gasteiger partial charge in [0, 0.05) is 54.2 Å². The fourth-order valence-electron chi connectivity index (χ4n) is 7.54. The number of aromatic nitrogens is 1. The molecule has 3 aromatic carbocycles. The summed E-state index contributed by atoms with van der Waals surface area (Å²) in [7, 11) is 1.71. The number of alkyl carbamates (subject to hydrolysis) is 1. The second-order valence-corrected chi connectivity index (χ2v) is 16.0. The molecule has 2 atom stereocenters. The van der Waals surface area contributed by atoms with E-state index < -0.39 is 35.2 Å². The van der Waals surface area contributed by atoms with Crippen LogP contribution in [0.1, 0.15) is 71.1 Å². The highest BCUT2D eigenvalue weighted by Crippen LogP contribution is 2.41. The molecule has 4 N–H and O–H groups in total. The molecule has 1 aromatic heterocycles. The van der Waals surface area contributed by atoms with E-state index in [4.69, 9.17) is 19.9 Å². The van der Waals surface area contributed by atoms with Gasteiger partial charge in [-0.05, 0) is 99.0 Å². The number of nitrogens with zero attached hydrogens (tertiary/aromatic N) is 2. The van der Waals surface area contributed by atoms with Gasteiger partial charge < -0.3 is 29.8 Å². The Hall–Kier alpha value is -4.87. The Kier molecular flexibility index (Phi) is 10.9. The Morgan fingerprint density at radius 2 is 1.85 bits per heavy atom. The fraction of sp³-hybridized carbons (Fsp3) is 0.452. The zero-order valence-electron chi connectivity index (χ0n) is 32.0. The van der Waals surface area contributed by atoms with Crippen molar-refractivity contribution in [2.75, 3.05) is 26.0 Å². The Morgan fingerprint density at radius 1 is 1.08 bits per heavy atom. The van der Waals surface area contributed by atoms with Gasteiger partial charge in [0.1, 0.15) is 17.7 Å². The third kappa shape index (κ3) is 8.52. The lowest BCUT2D eigenvalue weighted by molar-refractivity contribution is -0.155. The van der Waals surface area contributed by atoms with Crippen LogP contribution in [0.2, 0.25) is 0 Å². The summed E-state index contributed by atoms with van der Waals surface area (Å²) in [5, 5.41) is 5.33. The minimum atomic E-state index is -0.998. The van der Waals surface area contributed by atoms with Gasteiger partial charge in [-0.1, -0.05) is 50.2 Å². The standard InChI is InChI=1S/C42H53N5O6/c1-8-46-36-16-15-27-22-32(36)33(37(46)31-13-10-9-12-28(31)24-51-7)23-42(5,6)25-52-39(49)34-14-11-17-47(45-34)38(48)35(44-40(50)53-41(2,3)4)20-26-18-29(27)21-30(43)19-26/h9-10,12-13,15-16,18-19,21-22,34-35,45H,8,11,14,17,20,23-25,43H2,1-7H3,(H,44,50)/t34-,35-/m0/s1. The summed E-state index contributed by atoms with van der Waals surface area (Å²) in [5.41, 5.74) is 17.2. The number of rotatable bonds is 5. The number of benzene rings is 3. The number of ether oxygens (including phenoxy) is 3. The maximum atomic E-state index is 14.1. The number of anilines is 1. The van der Waals surface area contributed by atoms with Gasteiger partial charge >= 0.3 is 12.1 Å². The number of methoxy groups -OCH3 is 1. The van der Waals surface area contributed by atoms with Crippen LogP contribution in [0.5, 0.6) is 0 Å². The van der Waals surface area contributed by atoms with Gasteiger partial charge in [0.15, 0.2) is 0 Å². The first kappa shape index (κ1) is 37.9. The van der Waals surface area contributed by atoms with Gasteiger partial charge in [-0.3, -0.25) is 14.6 Å². The van der Waals surface area contributed by atoms with Gasteiger partial charge in [0.2, 0.25) is 0 Å². The van der Waals surface area contributed by atoms with Crippen molar-refractivity contribution in [3.8, 4) is 22.4 Å². The van der Waals surface area contributed by atoms with Crippen LogP contribution in [-0.2, 0) is 49.8 Å². The fourth-order valence-corrected chi connectivity index (χ4v) is 7.54. The molecule has 53 heavy (non-hydrogen) atoms. The van der Waals surface area contributed by atoms with Crippen LogP contribution >= 0.6 is 0 Å². The highest BCUT2D eigenvalue weighted by Gasteiger charge is 2.35. The summed E-state index contributed by atoms with van der Waals surface area (Å²) < 4.78 is 19.6. The second kappa shape index (κ2) is 15.2. The molecule has 0 radical (unpaired) electrons. The van der Waals surface area contributed by atoms with Crippen molar-refractivity contribution in [3.05, 3.63) is 77.4 Å². The van der Waals surface area contributed by atoms with Crippen LogP contribution in [0.3, 0.4) is 0 Å². The predicted octanol–water partition coefficient (Wildman–Crippen LogP) is 6.78. The number of aryl methyl sites for hydroxylation is 1. The first-order valence-corrected chi connectivity index (χ1v) is 18.5. The molecular weight excluding hydrogens is 670 g/mol. The van der Waals surface area contributed by atoms with E-state index in [1.165, 1.54) is 5.01 Å². The summed E-state index contributed by atoms with van der Waals surface area (Å²) >= 11 is 0. The molecule has 1 fully saturated rings. The minimum absolute atomic E-state index is 0.151. The lowest BCUT2D eigenvalue weighted by Crippen LogP contribution is -2.60. The van der Waals surface area contributed by atoms with Crippen LogP contribution in [0.25, 0.3) is 33.3 Å². The molecule has 2 amide bonds. The summed E-state index contributed by atoms with van der Waals surface area (Å²) in [4.78, 5) is 40.8. The lowest BCUT2D eigenvalue weighted by Gasteiger charge is -2.35. The molecule has 11 heteroatoms. The largest absolute Gasteiger partial charge is 0.464 e. The van der Waals surface area contributed by atoms with Crippen LogP contribution in [0.15, 0.2) is 60.7 Å². The minimum Gasteiger partial charge on any atom is -0.464 e. The molecule has 0 unspecified atom stereocenters. The molecular formula is C42H53N5O6. The normalized spacial score (nSPS) is 19.4. The number of hydrazine groups is 1. The molecule has 2 aliphatic heterocycles. The molecule has 11 nitrogen and oxygen atoms in total. The molecule has 0 aliphatic carbocycles. The van der Waals surface area contributed by atoms with Gasteiger partial charge in [0.25, 0.3) is 5.91 Å². The molecule has 3 heterocycles. The topological polar surface area (TPSA) is 137 Å². The number of carbonyl (C=O) groups is 3. The Morgan fingerprint density at radius 3 is 2.58 bits per heavy atom. The summed E-state index contributed by atoms with van der Waals surface area (Å²) in [5.74, 6) is -0.801. The van der Waals surface area contributed by atoms with Gasteiger partial charge in [-0.2, -0.15) is 0 Å². The predicted molar refractivity (Wildman–Crippen MR) is 207 cm³/mol. The van der Waals surface area contributed by atoms with Gasteiger partial charge in [0.05, 0.1) is 18.9 Å². The molecule has 6 rings (SSSR count). The highest BCUT2D eigenvalue weighted by atomic mass is 16.6. The van der Waals surface area contributed by atoms with Crippen molar-refractivity contribution in [3.63, 3.8) is 0 Å². The van der Waals surface area contributed by atoms with Crippen molar-refractivity contribution < 1.29 is 28.6 Å². The van der Waals surface area contributed by atoms with E-state index in [-0.39, 0.29) is 18.9 Å². The zero-order valence-corrected chi connectivity index (χ0v) is 32.0. The monoisotopic (exact) mass is 723 g/mol. The van der Waals surface area contributed by atoms with E-state index in [9.17, 15) is 14.4 Å². The quantitative estimate of drug-likeness (QED) is 0.152. The van der Waals surface area contributed by atoms with Crippen molar-refractivity contribution in [1.82, 2.24) is 20.3 Å². The number of hydrogen-bond donors (Lipinski definition) is 3. The van der Waals surface area contributed by atoms with Gasteiger partial charge in [-0.25, -0.2) is 10.2 Å². The van der Waals surface area contributed by atoms with E-state index in [1.807, 2.05) is 24.3 Å². The number of carbonyl (C=O) groups excluding carboxylic acids is 3. The molecule has 6 bridgehead atoms. The van der Waals surface area contributed by atoms with Crippen LogP contribution in [0, 0.1) is 5.41 Å².